The van der Waals surface area contributed by atoms with Gasteiger partial charge in [0.15, 0.2) is 0 Å². The van der Waals surface area contributed by atoms with Crippen molar-refractivity contribution in [1.82, 2.24) is 10.2 Å². The summed E-state index contributed by atoms with van der Waals surface area (Å²) in [6.45, 7) is 6.78. The fourth-order valence-electron chi connectivity index (χ4n) is 2.80. The first-order valence-electron chi connectivity index (χ1n) is 7.92. The predicted octanol–water partition coefficient (Wildman–Crippen LogP) is 2.34. The number of hydrogen-bond donors (Lipinski definition) is 2. The number of nitrogens with zero attached hydrogens (tertiary/aromatic N) is 1. The summed E-state index contributed by atoms with van der Waals surface area (Å²) in [6, 6.07) is 10.2. The standard InChI is InChI=1S/C17H27N3O.ClH/c1-13(2)16(18)17(21)19-12-15(20-10-6-7-11-20)14-8-4-3-5-9-14;/h3-5,8-9,13,15-16H,6-7,10-12,18H2,1-2H3,(H,19,21);1H/t15?,16-;/m0./s1. The van der Waals surface area contributed by atoms with E-state index in [0.717, 1.165) is 13.1 Å². The van der Waals surface area contributed by atoms with Crippen LogP contribution in [-0.4, -0.2) is 36.5 Å². The molecule has 3 N–H and O–H groups in total. The van der Waals surface area contributed by atoms with Crippen LogP contribution < -0.4 is 11.1 Å². The van der Waals surface area contributed by atoms with Gasteiger partial charge in [-0.2, -0.15) is 0 Å². The Bertz CT molecular complexity index is 446. The molecule has 0 bridgehead atoms. The SMILES string of the molecule is CC(C)[C@H](N)C(=O)NCC(c1ccccc1)N1CCCC1.Cl. The highest BCUT2D eigenvalue weighted by Gasteiger charge is 2.25. The van der Waals surface area contributed by atoms with Crippen molar-refractivity contribution in [2.24, 2.45) is 11.7 Å². The lowest BCUT2D eigenvalue weighted by molar-refractivity contribution is -0.123. The largest absolute Gasteiger partial charge is 0.353 e. The first kappa shape index (κ1) is 18.9. The summed E-state index contributed by atoms with van der Waals surface area (Å²) in [5.74, 6) is 0.108. The molecule has 0 aromatic heterocycles. The Morgan fingerprint density at radius 3 is 2.36 bits per heavy atom. The van der Waals surface area contributed by atoms with E-state index in [4.69, 9.17) is 5.73 Å². The van der Waals surface area contributed by atoms with E-state index in [1.54, 1.807) is 0 Å². The molecule has 0 aliphatic carbocycles. The molecule has 1 fully saturated rings. The van der Waals surface area contributed by atoms with Crippen LogP contribution in [-0.2, 0) is 4.79 Å². The van der Waals surface area contributed by atoms with E-state index in [-0.39, 0.29) is 30.3 Å². The lowest BCUT2D eigenvalue weighted by Gasteiger charge is -2.29. The molecule has 22 heavy (non-hydrogen) atoms. The van der Waals surface area contributed by atoms with Gasteiger partial charge in [-0.05, 0) is 37.4 Å². The van der Waals surface area contributed by atoms with Gasteiger partial charge < -0.3 is 11.1 Å². The molecular formula is C17H28ClN3O. The Hall–Kier alpha value is -1.10. The van der Waals surface area contributed by atoms with E-state index < -0.39 is 6.04 Å². The van der Waals surface area contributed by atoms with Gasteiger partial charge in [0.1, 0.15) is 0 Å². The Kier molecular flexibility index (Phi) is 7.87. The summed E-state index contributed by atoms with van der Waals surface area (Å²) in [5, 5.41) is 3.03. The van der Waals surface area contributed by atoms with Crippen LogP contribution in [0.25, 0.3) is 0 Å². The Morgan fingerprint density at radius 2 is 1.82 bits per heavy atom. The number of rotatable bonds is 6. The second kappa shape index (κ2) is 9.13. The molecule has 1 aliphatic rings. The Morgan fingerprint density at radius 1 is 1.23 bits per heavy atom. The Labute approximate surface area is 139 Å². The third-order valence-electron chi connectivity index (χ3n) is 4.26. The number of hydrogen-bond acceptors (Lipinski definition) is 3. The van der Waals surface area contributed by atoms with Crippen LogP contribution >= 0.6 is 12.4 Å². The fourth-order valence-corrected chi connectivity index (χ4v) is 2.80. The van der Waals surface area contributed by atoms with Crippen molar-refractivity contribution in [1.29, 1.82) is 0 Å². The van der Waals surface area contributed by atoms with Crippen LogP contribution in [0.5, 0.6) is 0 Å². The maximum atomic E-state index is 12.1. The minimum atomic E-state index is -0.431. The number of carbonyl (C=O) groups excluding carboxylic acids is 1. The van der Waals surface area contributed by atoms with Crippen LogP contribution in [0.2, 0.25) is 0 Å². The topological polar surface area (TPSA) is 58.4 Å². The molecule has 1 unspecified atom stereocenters. The number of carbonyl (C=O) groups is 1. The van der Waals surface area contributed by atoms with Crippen LogP contribution in [0.3, 0.4) is 0 Å². The van der Waals surface area contributed by atoms with Crippen LogP contribution in [0, 0.1) is 5.92 Å². The van der Waals surface area contributed by atoms with Crippen molar-refractivity contribution in [2.75, 3.05) is 19.6 Å². The van der Waals surface area contributed by atoms with Gasteiger partial charge in [-0.3, -0.25) is 9.69 Å². The summed E-state index contributed by atoms with van der Waals surface area (Å²) >= 11 is 0. The molecule has 1 saturated heterocycles. The highest BCUT2D eigenvalue weighted by molar-refractivity contribution is 5.85. The number of amides is 1. The number of nitrogens with one attached hydrogen (secondary N) is 1. The summed E-state index contributed by atoms with van der Waals surface area (Å²) in [7, 11) is 0. The molecule has 2 rings (SSSR count). The maximum Gasteiger partial charge on any atom is 0.237 e. The lowest BCUT2D eigenvalue weighted by Crippen LogP contribution is -2.46. The van der Waals surface area contributed by atoms with Crippen molar-refractivity contribution in [3.05, 3.63) is 35.9 Å². The van der Waals surface area contributed by atoms with Gasteiger partial charge in [0.25, 0.3) is 0 Å². The lowest BCUT2D eigenvalue weighted by atomic mass is 10.0. The smallest absolute Gasteiger partial charge is 0.237 e. The first-order chi connectivity index (χ1) is 10.1. The fraction of sp³-hybridized carbons (Fsp3) is 0.588. The molecule has 1 aromatic carbocycles. The maximum absolute atomic E-state index is 12.1. The van der Waals surface area contributed by atoms with Crippen molar-refractivity contribution in [3.63, 3.8) is 0 Å². The molecule has 0 saturated carbocycles. The van der Waals surface area contributed by atoms with Crippen LogP contribution in [0.4, 0.5) is 0 Å². The number of nitrogens with two attached hydrogens (primary N) is 1. The van der Waals surface area contributed by atoms with Crippen LogP contribution in [0.1, 0.15) is 38.3 Å². The zero-order valence-electron chi connectivity index (χ0n) is 13.5. The summed E-state index contributed by atoms with van der Waals surface area (Å²) in [5.41, 5.74) is 7.17. The van der Waals surface area contributed by atoms with E-state index in [1.807, 2.05) is 19.9 Å². The van der Waals surface area contributed by atoms with Gasteiger partial charge in [-0.25, -0.2) is 0 Å². The summed E-state index contributed by atoms with van der Waals surface area (Å²) < 4.78 is 0. The molecule has 1 aromatic rings. The van der Waals surface area contributed by atoms with E-state index in [2.05, 4.69) is 34.5 Å². The normalized spacial score (nSPS) is 17.8. The van der Waals surface area contributed by atoms with Gasteiger partial charge in [0, 0.05) is 6.54 Å². The molecule has 4 nitrogen and oxygen atoms in total. The average Bonchev–Trinajstić information content (AvgIpc) is 3.01. The van der Waals surface area contributed by atoms with Gasteiger partial charge in [-0.15, -0.1) is 12.4 Å². The monoisotopic (exact) mass is 325 g/mol. The molecule has 124 valence electrons. The van der Waals surface area contributed by atoms with Crippen LogP contribution in [0.15, 0.2) is 30.3 Å². The number of benzene rings is 1. The van der Waals surface area contributed by atoms with E-state index >= 15 is 0 Å². The van der Waals surface area contributed by atoms with E-state index in [1.165, 1.54) is 18.4 Å². The highest BCUT2D eigenvalue weighted by Crippen LogP contribution is 2.24. The molecule has 2 atom stereocenters. The summed E-state index contributed by atoms with van der Waals surface area (Å²) in [4.78, 5) is 14.5. The third-order valence-corrected chi connectivity index (χ3v) is 4.26. The molecule has 1 aliphatic heterocycles. The zero-order chi connectivity index (χ0) is 15.2. The zero-order valence-corrected chi connectivity index (χ0v) is 14.3. The van der Waals surface area contributed by atoms with E-state index in [0.29, 0.717) is 6.54 Å². The van der Waals surface area contributed by atoms with Crippen molar-refractivity contribution in [2.45, 2.75) is 38.8 Å². The minimum Gasteiger partial charge on any atom is -0.353 e. The van der Waals surface area contributed by atoms with Gasteiger partial charge in [0.05, 0.1) is 12.1 Å². The molecular weight excluding hydrogens is 298 g/mol. The molecule has 5 heteroatoms. The Balaban J connectivity index is 0.00000242. The number of halogens is 1. The molecule has 0 radical (unpaired) electrons. The highest BCUT2D eigenvalue weighted by atomic mass is 35.5. The van der Waals surface area contributed by atoms with Crippen molar-refractivity contribution < 1.29 is 4.79 Å². The number of likely N-dealkylation sites (tertiary alicyclic amines) is 1. The van der Waals surface area contributed by atoms with Crippen molar-refractivity contribution >= 4 is 18.3 Å². The summed E-state index contributed by atoms with van der Waals surface area (Å²) in [6.07, 6.45) is 2.48. The minimum absolute atomic E-state index is 0. The molecule has 0 spiro atoms. The first-order valence-corrected chi connectivity index (χ1v) is 7.92. The van der Waals surface area contributed by atoms with Gasteiger partial charge in [0.2, 0.25) is 5.91 Å². The predicted molar refractivity (Wildman–Crippen MR) is 93.1 cm³/mol. The molecule has 1 heterocycles. The quantitative estimate of drug-likeness (QED) is 0.844. The third kappa shape index (κ3) is 4.97. The molecule has 1 amide bonds. The van der Waals surface area contributed by atoms with Crippen molar-refractivity contribution in [3.8, 4) is 0 Å². The second-order valence-electron chi connectivity index (χ2n) is 6.18. The second-order valence-corrected chi connectivity index (χ2v) is 6.18. The van der Waals surface area contributed by atoms with E-state index in [9.17, 15) is 4.79 Å². The van der Waals surface area contributed by atoms with Gasteiger partial charge in [-0.1, -0.05) is 44.2 Å². The van der Waals surface area contributed by atoms with Gasteiger partial charge >= 0.3 is 0 Å². The average molecular weight is 326 g/mol.